The molecule has 5 nitrogen and oxygen atoms in total. The Kier molecular flexibility index (Phi) is 6.09. The Bertz CT molecular complexity index is 1250. The first-order valence-corrected chi connectivity index (χ1v) is 11.1. The van der Waals surface area contributed by atoms with Crippen molar-refractivity contribution in [2.75, 3.05) is 19.5 Å². The molecule has 1 aromatic heterocycles. The minimum Gasteiger partial charge on any atom is -0.493 e. The fraction of sp³-hybridized carbons (Fsp3) is 0.240. The van der Waals surface area contributed by atoms with Crippen molar-refractivity contribution < 1.29 is 14.3 Å². The van der Waals surface area contributed by atoms with E-state index in [1.54, 1.807) is 14.2 Å². The van der Waals surface area contributed by atoms with Crippen molar-refractivity contribution in [1.82, 2.24) is 4.57 Å². The maximum atomic E-state index is 12.9. The van der Waals surface area contributed by atoms with Crippen LogP contribution in [-0.4, -0.2) is 29.9 Å². The third-order valence-corrected chi connectivity index (χ3v) is 6.49. The van der Waals surface area contributed by atoms with Gasteiger partial charge in [-0.3, -0.25) is 4.79 Å². The smallest absolute Gasteiger partial charge is 0.237 e. The van der Waals surface area contributed by atoms with Crippen LogP contribution in [0.5, 0.6) is 11.5 Å². The van der Waals surface area contributed by atoms with Crippen LogP contribution in [0.25, 0.3) is 21.8 Å². The molecule has 0 fully saturated rings. The third kappa shape index (κ3) is 4.08. The number of ether oxygens (including phenoxy) is 2. The number of nitrogens with zero attached hydrogens (tertiary/aromatic N) is 1. The highest BCUT2D eigenvalue weighted by Gasteiger charge is 2.17. The SMILES string of the molecule is CCn1c2ccccc2c2cc(NC(=O)[C@@H](C)Sc3ccc(OC)c(OC)c3)ccc21. The molecule has 1 N–H and O–H groups in total. The van der Waals surface area contributed by atoms with Gasteiger partial charge in [-0.1, -0.05) is 18.2 Å². The maximum absolute atomic E-state index is 12.9. The number of carbonyl (C=O) groups excluding carboxylic acids is 1. The summed E-state index contributed by atoms with van der Waals surface area (Å²) in [6, 6.07) is 20.2. The molecule has 4 rings (SSSR count). The first-order valence-electron chi connectivity index (χ1n) is 10.3. The zero-order valence-corrected chi connectivity index (χ0v) is 19.0. The Labute approximate surface area is 186 Å². The molecule has 0 radical (unpaired) electrons. The van der Waals surface area contributed by atoms with Crippen LogP contribution >= 0.6 is 11.8 Å². The largest absolute Gasteiger partial charge is 0.493 e. The van der Waals surface area contributed by atoms with Crippen molar-refractivity contribution in [2.45, 2.75) is 30.5 Å². The van der Waals surface area contributed by atoms with Crippen molar-refractivity contribution in [3.63, 3.8) is 0 Å². The minimum absolute atomic E-state index is 0.0432. The Morgan fingerprint density at radius 2 is 1.71 bits per heavy atom. The lowest BCUT2D eigenvalue weighted by molar-refractivity contribution is -0.115. The maximum Gasteiger partial charge on any atom is 0.237 e. The summed E-state index contributed by atoms with van der Waals surface area (Å²) >= 11 is 1.48. The van der Waals surface area contributed by atoms with E-state index in [9.17, 15) is 4.79 Å². The number of hydrogen-bond donors (Lipinski definition) is 1. The van der Waals surface area contributed by atoms with Crippen molar-refractivity contribution in [3.8, 4) is 11.5 Å². The second-order valence-electron chi connectivity index (χ2n) is 7.26. The second-order valence-corrected chi connectivity index (χ2v) is 8.67. The number of amides is 1. The van der Waals surface area contributed by atoms with E-state index in [0.717, 1.165) is 22.5 Å². The quantitative estimate of drug-likeness (QED) is 0.365. The van der Waals surface area contributed by atoms with Gasteiger partial charge in [0, 0.05) is 38.9 Å². The summed E-state index contributed by atoms with van der Waals surface area (Å²) in [5, 5.41) is 5.15. The van der Waals surface area contributed by atoms with Gasteiger partial charge in [-0.25, -0.2) is 0 Å². The van der Waals surface area contributed by atoms with Gasteiger partial charge in [-0.05, 0) is 56.3 Å². The molecule has 0 unspecified atom stereocenters. The number of fused-ring (bicyclic) bond motifs is 3. The molecule has 3 aromatic carbocycles. The number of carbonyl (C=O) groups is 1. The number of hydrogen-bond acceptors (Lipinski definition) is 4. The molecule has 31 heavy (non-hydrogen) atoms. The summed E-state index contributed by atoms with van der Waals surface area (Å²) < 4.78 is 12.9. The molecule has 0 saturated carbocycles. The summed E-state index contributed by atoms with van der Waals surface area (Å²) in [4.78, 5) is 13.8. The summed E-state index contributed by atoms with van der Waals surface area (Å²) in [5.41, 5.74) is 3.19. The molecule has 160 valence electrons. The van der Waals surface area contributed by atoms with E-state index in [1.807, 2.05) is 31.2 Å². The molecule has 0 aliphatic carbocycles. The van der Waals surface area contributed by atoms with E-state index in [2.05, 4.69) is 53.2 Å². The molecule has 0 aliphatic rings. The predicted molar refractivity (Wildman–Crippen MR) is 129 cm³/mol. The first-order chi connectivity index (χ1) is 15.0. The Morgan fingerprint density at radius 1 is 0.968 bits per heavy atom. The van der Waals surface area contributed by atoms with Crippen LogP contribution in [0.2, 0.25) is 0 Å². The van der Waals surface area contributed by atoms with Gasteiger partial charge in [0.2, 0.25) is 5.91 Å². The van der Waals surface area contributed by atoms with Crippen molar-refractivity contribution in [1.29, 1.82) is 0 Å². The molecule has 4 aromatic rings. The molecule has 0 bridgehead atoms. The first kappa shape index (κ1) is 21.1. The molecular weight excluding hydrogens is 408 g/mol. The van der Waals surface area contributed by atoms with Crippen molar-refractivity contribution in [2.24, 2.45) is 0 Å². The highest BCUT2D eigenvalue weighted by molar-refractivity contribution is 8.00. The highest BCUT2D eigenvalue weighted by atomic mass is 32.2. The van der Waals surface area contributed by atoms with Gasteiger partial charge in [-0.15, -0.1) is 11.8 Å². The van der Waals surface area contributed by atoms with Gasteiger partial charge in [0.1, 0.15) is 0 Å². The monoisotopic (exact) mass is 434 g/mol. The van der Waals surface area contributed by atoms with Gasteiger partial charge < -0.3 is 19.4 Å². The lowest BCUT2D eigenvalue weighted by atomic mass is 10.1. The van der Waals surface area contributed by atoms with Gasteiger partial charge >= 0.3 is 0 Å². The van der Waals surface area contributed by atoms with E-state index in [-0.39, 0.29) is 11.2 Å². The van der Waals surface area contributed by atoms with Crippen LogP contribution < -0.4 is 14.8 Å². The van der Waals surface area contributed by atoms with E-state index >= 15 is 0 Å². The Morgan fingerprint density at radius 3 is 2.45 bits per heavy atom. The summed E-state index contributed by atoms with van der Waals surface area (Å²) in [6.45, 7) is 4.95. The fourth-order valence-electron chi connectivity index (χ4n) is 3.86. The summed E-state index contributed by atoms with van der Waals surface area (Å²) in [6.07, 6.45) is 0. The minimum atomic E-state index is -0.272. The van der Waals surface area contributed by atoms with E-state index in [1.165, 1.54) is 28.2 Å². The van der Waals surface area contributed by atoms with Crippen molar-refractivity contribution in [3.05, 3.63) is 60.7 Å². The van der Waals surface area contributed by atoms with Crippen LogP contribution in [0.1, 0.15) is 13.8 Å². The summed E-state index contributed by atoms with van der Waals surface area (Å²) in [5.74, 6) is 1.28. The van der Waals surface area contributed by atoms with Crippen molar-refractivity contribution >= 4 is 45.2 Å². The van der Waals surface area contributed by atoms with Crippen LogP contribution in [0, 0.1) is 0 Å². The number of para-hydroxylation sites is 1. The van der Waals surface area contributed by atoms with E-state index < -0.39 is 0 Å². The number of aryl methyl sites for hydroxylation is 1. The van der Waals surface area contributed by atoms with Crippen LogP contribution in [0.4, 0.5) is 5.69 Å². The zero-order chi connectivity index (χ0) is 22.0. The molecule has 6 heteroatoms. The lowest BCUT2D eigenvalue weighted by Gasteiger charge is -2.14. The molecule has 1 heterocycles. The lowest BCUT2D eigenvalue weighted by Crippen LogP contribution is -2.22. The average molecular weight is 435 g/mol. The highest BCUT2D eigenvalue weighted by Crippen LogP contribution is 2.34. The standard InChI is InChI=1S/C25H26N2O3S/c1-5-27-21-9-7-6-8-19(21)20-14-17(10-12-22(20)27)26-25(28)16(2)31-18-11-13-23(29-3)24(15-18)30-4/h6-16H,5H2,1-4H3,(H,26,28)/t16-/m1/s1. The van der Waals surface area contributed by atoms with Gasteiger partial charge in [0.05, 0.1) is 19.5 Å². The van der Waals surface area contributed by atoms with Crippen LogP contribution in [-0.2, 0) is 11.3 Å². The Balaban J connectivity index is 1.55. The van der Waals surface area contributed by atoms with Crippen LogP contribution in [0.3, 0.4) is 0 Å². The van der Waals surface area contributed by atoms with Gasteiger partial charge in [0.25, 0.3) is 0 Å². The summed E-state index contributed by atoms with van der Waals surface area (Å²) in [7, 11) is 3.21. The number of methoxy groups -OCH3 is 2. The molecule has 1 amide bonds. The molecular formula is C25H26N2O3S. The molecule has 0 saturated heterocycles. The topological polar surface area (TPSA) is 52.5 Å². The number of rotatable bonds is 7. The number of thioether (sulfide) groups is 1. The van der Waals surface area contributed by atoms with E-state index in [4.69, 9.17) is 9.47 Å². The average Bonchev–Trinajstić information content (AvgIpc) is 3.11. The third-order valence-electron chi connectivity index (χ3n) is 5.39. The van der Waals surface area contributed by atoms with E-state index in [0.29, 0.717) is 11.5 Å². The Hall–Kier alpha value is -3.12. The zero-order valence-electron chi connectivity index (χ0n) is 18.1. The molecule has 1 atom stereocenters. The van der Waals surface area contributed by atoms with Gasteiger partial charge in [0.15, 0.2) is 11.5 Å². The molecule has 0 spiro atoms. The number of benzene rings is 3. The van der Waals surface area contributed by atoms with Gasteiger partial charge in [-0.2, -0.15) is 0 Å². The second kappa shape index (κ2) is 8.94. The van der Waals surface area contributed by atoms with Crippen LogP contribution in [0.15, 0.2) is 65.6 Å². The normalized spacial score (nSPS) is 12.1. The number of anilines is 1. The number of aromatic nitrogens is 1. The number of nitrogens with one attached hydrogen (secondary N) is 1. The molecule has 0 aliphatic heterocycles. The fourth-order valence-corrected chi connectivity index (χ4v) is 4.76. The predicted octanol–water partition coefficient (Wildman–Crippen LogP) is 5.95.